The first-order valence-electron chi connectivity index (χ1n) is 8.21. The third-order valence-electron chi connectivity index (χ3n) is 4.58. The van der Waals surface area contributed by atoms with Gasteiger partial charge in [0.15, 0.2) is 5.58 Å². The van der Waals surface area contributed by atoms with Gasteiger partial charge in [-0.3, -0.25) is 9.29 Å². The lowest BCUT2D eigenvalue weighted by Crippen LogP contribution is -2.39. The minimum absolute atomic E-state index is 0.0867. The molecule has 0 saturated heterocycles. The number of aromatic amines is 1. The maximum absolute atomic E-state index is 13.3. The van der Waals surface area contributed by atoms with Crippen molar-refractivity contribution >= 4 is 26.8 Å². The fourth-order valence-corrected chi connectivity index (χ4v) is 5.00. The molecule has 1 aliphatic rings. The number of hydrogen-bond donors (Lipinski definition) is 1. The molecule has 0 saturated carbocycles. The molecule has 8 heteroatoms. The summed E-state index contributed by atoms with van der Waals surface area (Å²) in [5.74, 6) is 0.252. The van der Waals surface area contributed by atoms with Gasteiger partial charge in [-0.2, -0.15) is 0 Å². The van der Waals surface area contributed by atoms with Crippen LogP contribution in [0.5, 0.6) is 5.75 Å². The van der Waals surface area contributed by atoms with Crippen LogP contribution in [-0.4, -0.2) is 27.1 Å². The van der Waals surface area contributed by atoms with Crippen molar-refractivity contribution in [3.05, 3.63) is 52.5 Å². The number of methoxy groups -OCH3 is 1. The van der Waals surface area contributed by atoms with Crippen LogP contribution in [0.4, 0.5) is 5.69 Å². The van der Waals surface area contributed by atoms with Gasteiger partial charge in [-0.15, -0.1) is 0 Å². The SMILES string of the molecule is COc1ccc2c(c1)CC(C)CN2S(=O)(=O)c1ccc2[nH]c(=O)oc2c1. The summed E-state index contributed by atoms with van der Waals surface area (Å²) >= 11 is 0. The fourth-order valence-electron chi connectivity index (χ4n) is 3.36. The maximum atomic E-state index is 13.3. The number of hydrogen-bond acceptors (Lipinski definition) is 5. The topological polar surface area (TPSA) is 92.6 Å². The van der Waals surface area contributed by atoms with Crippen LogP contribution in [0.3, 0.4) is 0 Å². The van der Waals surface area contributed by atoms with Crippen LogP contribution in [0, 0.1) is 5.92 Å². The number of sulfonamides is 1. The molecule has 0 amide bonds. The Morgan fingerprint density at radius 3 is 2.81 bits per heavy atom. The predicted octanol–water partition coefficient (Wildman–Crippen LogP) is 2.52. The number of fused-ring (bicyclic) bond motifs is 2. The van der Waals surface area contributed by atoms with Gasteiger partial charge in [0.2, 0.25) is 0 Å². The molecule has 0 fully saturated rings. The van der Waals surface area contributed by atoms with Gasteiger partial charge in [0.1, 0.15) is 5.75 Å². The molecule has 1 aromatic heterocycles. The first kappa shape index (κ1) is 16.7. The summed E-state index contributed by atoms with van der Waals surface area (Å²) in [6.45, 7) is 2.40. The molecule has 2 heterocycles. The first-order valence-corrected chi connectivity index (χ1v) is 9.65. The highest BCUT2D eigenvalue weighted by atomic mass is 32.2. The Morgan fingerprint density at radius 2 is 2.04 bits per heavy atom. The van der Waals surface area contributed by atoms with Crippen molar-refractivity contribution in [1.29, 1.82) is 0 Å². The van der Waals surface area contributed by atoms with E-state index in [9.17, 15) is 13.2 Å². The van der Waals surface area contributed by atoms with Crippen LogP contribution in [-0.2, 0) is 16.4 Å². The van der Waals surface area contributed by atoms with E-state index in [-0.39, 0.29) is 16.4 Å². The number of ether oxygens (including phenoxy) is 1. The fraction of sp³-hybridized carbons (Fsp3) is 0.278. The van der Waals surface area contributed by atoms with Gasteiger partial charge < -0.3 is 9.15 Å². The lowest BCUT2D eigenvalue weighted by Gasteiger charge is -2.34. The molecular formula is C18H18N2O5S. The molecule has 2 aromatic carbocycles. The zero-order valence-electron chi connectivity index (χ0n) is 14.4. The summed E-state index contributed by atoms with van der Waals surface area (Å²) in [4.78, 5) is 13.9. The van der Waals surface area contributed by atoms with Crippen molar-refractivity contribution in [3.8, 4) is 5.75 Å². The molecule has 0 aliphatic carbocycles. The van der Waals surface area contributed by atoms with E-state index < -0.39 is 15.8 Å². The molecule has 0 spiro atoms. The van der Waals surface area contributed by atoms with E-state index in [0.29, 0.717) is 23.5 Å². The summed E-state index contributed by atoms with van der Waals surface area (Å²) in [7, 11) is -2.21. The van der Waals surface area contributed by atoms with Crippen molar-refractivity contribution in [1.82, 2.24) is 4.98 Å². The number of nitrogens with zero attached hydrogens (tertiary/aromatic N) is 1. The standard InChI is InChI=1S/C18H18N2O5S/c1-11-7-12-8-13(24-2)3-6-16(12)20(10-11)26(22,23)14-4-5-15-17(9-14)25-18(21)19-15/h3-6,8-9,11H,7,10H2,1-2H3,(H,19,21). The average Bonchev–Trinajstić information content (AvgIpc) is 2.99. The molecule has 7 nitrogen and oxygen atoms in total. The smallest absolute Gasteiger partial charge is 0.417 e. The predicted molar refractivity (Wildman–Crippen MR) is 97.2 cm³/mol. The van der Waals surface area contributed by atoms with Crippen molar-refractivity contribution in [2.24, 2.45) is 5.92 Å². The molecule has 0 radical (unpaired) electrons. The van der Waals surface area contributed by atoms with Crippen molar-refractivity contribution in [2.45, 2.75) is 18.2 Å². The van der Waals surface area contributed by atoms with Crippen LogP contribution in [0.1, 0.15) is 12.5 Å². The van der Waals surface area contributed by atoms with Crippen LogP contribution in [0.25, 0.3) is 11.1 Å². The van der Waals surface area contributed by atoms with E-state index in [1.54, 1.807) is 19.2 Å². The highest BCUT2D eigenvalue weighted by Gasteiger charge is 2.32. The highest BCUT2D eigenvalue weighted by molar-refractivity contribution is 7.92. The van der Waals surface area contributed by atoms with Gasteiger partial charge >= 0.3 is 5.76 Å². The Labute approximate surface area is 150 Å². The number of benzene rings is 2. The number of aromatic nitrogens is 1. The van der Waals surface area contributed by atoms with E-state index in [1.165, 1.54) is 22.5 Å². The minimum atomic E-state index is -3.79. The van der Waals surface area contributed by atoms with Gasteiger partial charge in [-0.1, -0.05) is 6.92 Å². The van der Waals surface area contributed by atoms with Gasteiger partial charge in [0, 0.05) is 12.6 Å². The Bertz CT molecular complexity index is 1150. The van der Waals surface area contributed by atoms with Gasteiger partial charge in [0.05, 0.1) is 23.2 Å². The van der Waals surface area contributed by atoms with Gasteiger partial charge in [0.25, 0.3) is 10.0 Å². The molecular weight excluding hydrogens is 356 g/mol. The molecule has 1 atom stereocenters. The molecule has 1 unspecified atom stereocenters. The van der Waals surface area contributed by atoms with Crippen molar-refractivity contribution in [2.75, 3.05) is 18.0 Å². The zero-order chi connectivity index (χ0) is 18.5. The second-order valence-electron chi connectivity index (χ2n) is 6.51. The minimum Gasteiger partial charge on any atom is -0.497 e. The third-order valence-corrected chi connectivity index (χ3v) is 6.36. The highest BCUT2D eigenvalue weighted by Crippen LogP contribution is 2.36. The number of H-pyrrole nitrogens is 1. The second-order valence-corrected chi connectivity index (χ2v) is 8.37. The van der Waals surface area contributed by atoms with E-state index >= 15 is 0 Å². The molecule has 1 N–H and O–H groups in total. The lowest BCUT2D eigenvalue weighted by molar-refractivity contribution is 0.413. The molecule has 3 aromatic rings. The van der Waals surface area contributed by atoms with Crippen molar-refractivity contribution in [3.63, 3.8) is 0 Å². The summed E-state index contributed by atoms with van der Waals surface area (Å²) in [6.07, 6.45) is 0.782. The maximum Gasteiger partial charge on any atom is 0.417 e. The summed E-state index contributed by atoms with van der Waals surface area (Å²) in [5, 5.41) is 0. The Hall–Kier alpha value is -2.74. The van der Waals surface area contributed by atoms with Crippen LogP contribution < -0.4 is 14.8 Å². The van der Waals surface area contributed by atoms with Crippen molar-refractivity contribution < 1.29 is 17.6 Å². The Balaban J connectivity index is 1.83. The molecule has 136 valence electrons. The quantitative estimate of drug-likeness (QED) is 0.760. The van der Waals surface area contributed by atoms with Gasteiger partial charge in [-0.05, 0) is 48.2 Å². The largest absolute Gasteiger partial charge is 0.497 e. The first-order chi connectivity index (χ1) is 12.4. The van der Waals surface area contributed by atoms with Gasteiger partial charge in [-0.25, -0.2) is 13.2 Å². The number of anilines is 1. The Kier molecular flexibility index (Phi) is 3.80. The van der Waals surface area contributed by atoms with Crippen LogP contribution >= 0.6 is 0 Å². The average molecular weight is 374 g/mol. The number of nitrogens with one attached hydrogen (secondary N) is 1. The van der Waals surface area contributed by atoms with E-state index in [0.717, 1.165) is 12.0 Å². The Morgan fingerprint density at radius 1 is 1.23 bits per heavy atom. The van der Waals surface area contributed by atoms with Crippen LogP contribution in [0.15, 0.2) is 50.5 Å². The normalized spacial score (nSPS) is 17.3. The van der Waals surface area contributed by atoms with E-state index in [4.69, 9.17) is 9.15 Å². The summed E-state index contributed by atoms with van der Waals surface area (Å²) in [6, 6.07) is 9.80. The third kappa shape index (κ3) is 2.66. The second kappa shape index (κ2) is 5.91. The summed E-state index contributed by atoms with van der Waals surface area (Å²) in [5.41, 5.74) is 2.27. The number of rotatable bonds is 3. The molecule has 1 aliphatic heterocycles. The molecule has 0 bridgehead atoms. The monoisotopic (exact) mass is 374 g/mol. The number of oxazole rings is 1. The summed E-state index contributed by atoms with van der Waals surface area (Å²) < 4.78 is 38.2. The van der Waals surface area contributed by atoms with E-state index in [2.05, 4.69) is 4.98 Å². The lowest BCUT2D eigenvalue weighted by atomic mass is 9.95. The van der Waals surface area contributed by atoms with Crippen LogP contribution in [0.2, 0.25) is 0 Å². The molecule has 4 rings (SSSR count). The van der Waals surface area contributed by atoms with E-state index in [1.807, 2.05) is 13.0 Å². The zero-order valence-corrected chi connectivity index (χ0v) is 15.2. The molecule has 26 heavy (non-hydrogen) atoms.